The lowest BCUT2D eigenvalue weighted by atomic mass is 9.96. The zero-order chi connectivity index (χ0) is 24.4. The average molecular weight is 527 g/mol. The van der Waals surface area contributed by atoms with Crippen molar-refractivity contribution in [2.45, 2.75) is 83.5 Å². The van der Waals surface area contributed by atoms with Crippen LogP contribution in [0.1, 0.15) is 52.7 Å². The Labute approximate surface area is 201 Å². The van der Waals surface area contributed by atoms with Crippen LogP contribution in [-0.4, -0.2) is 48.6 Å². The molecule has 1 aromatic carbocycles. The van der Waals surface area contributed by atoms with Gasteiger partial charge in [0.2, 0.25) is 5.91 Å². The number of cyclic esters (lactones) is 1. The van der Waals surface area contributed by atoms with Gasteiger partial charge in [0, 0.05) is 10.9 Å². The van der Waals surface area contributed by atoms with Gasteiger partial charge >= 0.3 is 6.09 Å². The molecule has 0 aliphatic carbocycles. The van der Waals surface area contributed by atoms with E-state index in [-0.39, 0.29) is 11.5 Å². The van der Waals surface area contributed by atoms with Crippen molar-refractivity contribution in [1.29, 1.82) is 0 Å². The fourth-order valence-electron chi connectivity index (χ4n) is 3.43. The Kier molecular flexibility index (Phi) is 8.53. The maximum atomic E-state index is 13.2. The number of halogens is 1. The van der Waals surface area contributed by atoms with Gasteiger partial charge in [-0.05, 0) is 30.6 Å². The summed E-state index contributed by atoms with van der Waals surface area (Å²) in [6, 6.07) is 8.87. The molecule has 1 fully saturated rings. The maximum absolute atomic E-state index is 13.2. The minimum atomic E-state index is -2.13. The summed E-state index contributed by atoms with van der Waals surface area (Å²) in [5.41, 5.74) is 0.829. The van der Waals surface area contributed by atoms with E-state index in [1.54, 1.807) is 13.8 Å². The zero-order valence-corrected chi connectivity index (χ0v) is 22.7. The predicted octanol–water partition coefficient (Wildman–Crippen LogP) is 5.78. The summed E-state index contributed by atoms with van der Waals surface area (Å²) < 4.78 is 12.5. The Bertz CT molecular complexity index is 839. The number of carbonyl (C=O) groups excluding carboxylic acids is 2. The van der Waals surface area contributed by atoms with E-state index in [1.165, 1.54) is 0 Å². The molecule has 5 atom stereocenters. The van der Waals surface area contributed by atoms with Crippen molar-refractivity contribution in [2.75, 3.05) is 0 Å². The molecule has 0 spiro atoms. The molecular formula is C24H36BrNO5Si. The van der Waals surface area contributed by atoms with Crippen LogP contribution in [0.15, 0.2) is 41.4 Å². The van der Waals surface area contributed by atoms with Gasteiger partial charge in [-0.1, -0.05) is 80.5 Å². The second kappa shape index (κ2) is 10.2. The van der Waals surface area contributed by atoms with Crippen LogP contribution in [0.25, 0.3) is 0 Å². The van der Waals surface area contributed by atoms with Gasteiger partial charge in [-0.2, -0.15) is 0 Å². The van der Waals surface area contributed by atoms with Crippen LogP contribution in [0.2, 0.25) is 18.1 Å². The molecule has 0 saturated carbocycles. The molecule has 2 rings (SSSR count). The van der Waals surface area contributed by atoms with Gasteiger partial charge in [0.1, 0.15) is 6.10 Å². The number of aliphatic hydroxyl groups is 1. The number of hydrogen-bond acceptors (Lipinski definition) is 5. The van der Waals surface area contributed by atoms with Crippen molar-refractivity contribution in [2.24, 2.45) is 5.92 Å². The third-order valence-electron chi connectivity index (χ3n) is 6.65. The molecule has 1 N–H and O–H groups in total. The summed E-state index contributed by atoms with van der Waals surface area (Å²) in [7, 11) is -2.13. The standard InChI is InChI=1S/C24H36BrNO5Si/c1-15(19(27)14-20(16(2)25)31-32(7,8)24(4,5)6)22(28)26-17(3)21(30-23(26)29)18-12-10-9-11-13-18/h9-13,15,17,19-21,27H,2,14H2,1,3-8H3/t15-,17-,19+,20-,21-/m1/s1. The predicted molar refractivity (Wildman–Crippen MR) is 132 cm³/mol. The minimum absolute atomic E-state index is 0.0126. The molecule has 1 aromatic rings. The van der Waals surface area contributed by atoms with Crippen LogP contribution < -0.4 is 0 Å². The summed E-state index contributed by atoms with van der Waals surface area (Å²) >= 11 is 3.42. The number of rotatable bonds is 8. The Hall–Kier alpha value is -1.48. The quantitative estimate of drug-likeness (QED) is 0.435. The highest BCUT2D eigenvalue weighted by Gasteiger charge is 2.46. The number of hydrogen-bond donors (Lipinski definition) is 1. The lowest BCUT2D eigenvalue weighted by Gasteiger charge is -2.40. The topological polar surface area (TPSA) is 76.1 Å². The van der Waals surface area contributed by atoms with E-state index in [1.807, 2.05) is 30.3 Å². The van der Waals surface area contributed by atoms with E-state index in [9.17, 15) is 14.7 Å². The lowest BCUT2D eigenvalue weighted by molar-refractivity contribution is -0.136. The number of carbonyl (C=O) groups is 2. The molecule has 0 aromatic heterocycles. The summed E-state index contributed by atoms with van der Waals surface area (Å²) in [6.07, 6.45) is -2.48. The van der Waals surface area contributed by atoms with Gasteiger partial charge < -0.3 is 14.3 Å². The monoisotopic (exact) mass is 525 g/mol. The van der Waals surface area contributed by atoms with Crippen molar-refractivity contribution < 1.29 is 23.9 Å². The second-order valence-corrected chi connectivity index (χ2v) is 15.8. The number of imide groups is 1. The summed E-state index contributed by atoms with van der Waals surface area (Å²) in [5, 5.41) is 10.9. The van der Waals surface area contributed by atoms with Gasteiger partial charge in [-0.15, -0.1) is 0 Å². The first kappa shape index (κ1) is 26.8. The molecule has 0 radical (unpaired) electrons. The summed E-state index contributed by atoms with van der Waals surface area (Å²) in [6.45, 7) is 18.0. The molecule has 0 bridgehead atoms. The molecule has 2 amide bonds. The molecule has 1 aliphatic rings. The Morgan fingerprint density at radius 2 is 1.88 bits per heavy atom. The molecule has 1 saturated heterocycles. The summed E-state index contributed by atoms with van der Waals surface area (Å²) in [5.74, 6) is -1.27. The summed E-state index contributed by atoms with van der Waals surface area (Å²) in [4.78, 5) is 26.8. The van der Waals surface area contributed by atoms with Gasteiger partial charge in [0.15, 0.2) is 8.32 Å². The Morgan fingerprint density at radius 1 is 1.31 bits per heavy atom. The van der Waals surface area contributed by atoms with Crippen LogP contribution in [0, 0.1) is 5.92 Å². The molecule has 1 aliphatic heterocycles. The second-order valence-electron chi connectivity index (χ2n) is 10.1. The minimum Gasteiger partial charge on any atom is -0.439 e. The first-order chi connectivity index (χ1) is 14.7. The smallest absolute Gasteiger partial charge is 0.417 e. The molecule has 1 heterocycles. The highest BCUT2D eigenvalue weighted by Crippen LogP contribution is 2.39. The SMILES string of the molecule is C=C(Br)[C@@H](C[C@H](O)[C@@H](C)C(=O)N1C(=O)O[C@@H](c2ccccc2)[C@H]1C)O[Si](C)(C)C(C)(C)C. The number of nitrogens with zero attached hydrogens (tertiary/aromatic N) is 1. The fraction of sp³-hybridized carbons (Fsp3) is 0.583. The van der Waals surface area contributed by atoms with Gasteiger partial charge in [0.25, 0.3) is 0 Å². The number of benzene rings is 1. The van der Waals surface area contributed by atoms with Gasteiger partial charge in [-0.25, -0.2) is 9.69 Å². The van der Waals surface area contributed by atoms with Crippen LogP contribution in [0.3, 0.4) is 0 Å². The van der Waals surface area contributed by atoms with Crippen molar-refractivity contribution >= 4 is 36.2 Å². The van der Waals surface area contributed by atoms with E-state index in [4.69, 9.17) is 9.16 Å². The third kappa shape index (κ3) is 5.90. The van der Waals surface area contributed by atoms with Crippen molar-refractivity contribution in [1.82, 2.24) is 4.90 Å². The first-order valence-electron chi connectivity index (χ1n) is 11.0. The zero-order valence-electron chi connectivity index (χ0n) is 20.1. The molecule has 8 heteroatoms. The third-order valence-corrected chi connectivity index (χ3v) is 11.6. The van der Waals surface area contributed by atoms with Gasteiger partial charge in [-0.3, -0.25) is 4.79 Å². The average Bonchev–Trinajstić information content (AvgIpc) is 2.99. The fourth-order valence-corrected chi connectivity index (χ4v) is 5.18. The van der Waals surface area contributed by atoms with E-state index in [0.29, 0.717) is 4.48 Å². The first-order valence-corrected chi connectivity index (χ1v) is 14.7. The number of ether oxygens (including phenoxy) is 1. The van der Waals surface area contributed by atoms with Crippen molar-refractivity contribution in [3.8, 4) is 0 Å². The van der Waals surface area contributed by atoms with E-state index in [0.717, 1.165) is 10.5 Å². The van der Waals surface area contributed by atoms with E-state index in [2.05, 4.69) is 56.4 Å². The number of aliphatic hydroxyl groups excluding tert-OH is 1. The van der Waals surface area contributed by atoms with Crippen LogP contribution >= 0.6 is 15.9 Å². The maximum Gasteiger partial charge on any atom is 0.417 e. The molecular weight excluding hydrogens is 490 g/mol. The molecule has 32 heavy (non-hydrogen) atoms. The lowest BCUT2D eigenvalue weighted by Crippen LogP contribution is -2.47. The van der Waals surface area contributed by atoms with Crippen molar-refractivity contribution in [3.63, 3.8) is 0 Å². The van der Waals surface area contributed by atoms with Crippen molar-refractivity contribution in [3.05, 3.63) is 47.0 Å². The Morgan fingerprint density at radius 3 is 2.38 bits per heavy atom. The molecule has 178 valence electrons. The van der Waals surface area contributed by atoms with E-state index >= 15 is 0 Å². The van der Waals surface area contributed by atoms with Crippen LogP contribution in [-0.2, 0) is 14.0 Å². The molecule has 6 nitrogen and oxygen atoms in total. The molecule has 0 unspecified atom stereocenters. The van der Waals surface area contributed by atoms with Crippen LogP contribution in [0.4, 0.5) is 4.79 Å². The normalized spacial score (nSPS) is 22.3. The van der Waals surface area contributed by atoms with E-state index < -0.39 is 50.6 Å². The highest BCUT2D eigenvalue weighted by atomic mass is 79.9. The van der Waals surface area contributed by atoms with Crippen LogP contribution in [0.5, 0.6) is 0 Å². The largest absolute Gasteiger partial charge is 0.439 e. The Balaban J connectivity index is 2.12. The highest BCUT2D eigenvalue weighted by molar-refractivity contribution is 9.11. The van der Waals surface area contributed by atoms with Gasteiger partial charge in [0.05, 0.1) is 24.2 Å². The number of amides is 2.